The number of fused-ring (bicyclic) bond motifs is 3. The van der Waals surface area contributed by atoms with Crippen LogP contribution in [0.25, 0.3) is 22.4 Å². The molecule has 1 aliphatic rings. The molecule has 2 aromatic carbocycles. The maximum atomic E-state index is 6.36. The topological polar surface area (TPSA) is 54.7 Å². The summed E-state index contributed by atoms with van der Waals surface area (Å²) in [5, 5.41) is 6.97. The average Bonchev–Trinajstić information content (AvgIpc) is 3.06. The molecule has 0 bridgehead atoms. The summed E-state index contributed by atoms with van der Waals surface area (Å²) >= 11 is 0. The average molecular weight is 247 g/mol. The fraction of sp³-hybridized carbons (Fsp3) is 0.0625. The quantitative estimate of drug-likeness (QED) is 0.507. The van der Waals surface area contributed by atoms with E-state index in [1.54, 1.807) is 6.20 Å². The van der Waals surface area contributed by atoms with Crippen molar-refractivity contribution in [2.75, 3.05) is 5.73 Å². The van der Waals surface area contributed by atoms with E-state index in [4.69, 9.17) is 5.73 Å². The molecule has 0 atom stereocenters. The summed E-state index contributed by atoms with van der Waals surface area (Å²) in [6, 6.07) is 14.7. The molecule has 19 heavy (non-hydrogen) atoms. The molecule has 0 saturated heterocycles. The molecular formula is C16H13N3. The molecule has 0 fully saturated rings. The summed E-state index contributed by atoms with van der Waals surface area (Å²) in [4.78, 5) is 0. The summed E-state index contributed by atoms with van der Waals surface area (Å²) < 4.78 is 0. The second-order valence-corrected chi connectivity index (χ2v) is 4.86. The Morgan fingerprint density at radius 2 is 1.79 bits per heavy atom. The van der Waals surface area contributed by atoms with Crippen LogP contribution < -0.4 is 5.73 Å². The van der Waals surface area contributed by atoms with Crippen LogP contribution in [0.5, 0.6) is 0 Å². The minimum absolute atomic E-state index is 0.859. The zero-order chi connectivity index (χ0) is 12.8. The normalized spacial score (nSPS) is 12.2. The highest BCUT2D eigenvalue weighted by atomic mass is 15.1. The standard InChI is InChI=1S/C16H13N3/c17-16-13(15-7-8-18-19-15)6-5-12-11-4-2-1-3-10(11)9-14(12)16/h1-8H,9,17H2,(H,18,19). The minimum Gasteiger partial charge on any atom is -0.398 e. The van der Waals surface area contributed by atoms with Crippen molar-refractivity contribution in [2.45, 2.75) is 6.42 Å². The predicted molar refractivity (Wildman–Crippen MR) is 76.7 cm³/mol. The summed E-state index contributed by atoms with van der Waals surface area (Å²) in [5.41, 5.74) is 14.4. The Balaban J connectivity index is 1.94. The van der Waals surface area contributed by atoms with E-state index in [1.165, 1.54) is 22.3 Å². The van der Waals surface area contributed by atoms with Crippen LogP contribution in [0, 0.1) is 0 Å². The van der Waals surface area contributed by atoms with E-state index < -0.39 is 0 Å². The first kappa shape index (κ1) is 10.4. The van der Waals surface area contributed by atoms with Gasteiger partial charge in [0.25, 0.3) is 0 Å². The third-order valence-electron chi connectivity index (χ3n) is 3.82. The van der Waals surface area contributed by atoms with Crippen molar-refractivity contribution < 1.29 is 0 Å². The van der Waals surface area contributed by atoms with Crippen molar-refractivity contribution in [3.63, 3.8) is 0 Å². The van der Waals surface area contributed by atoms with Gasteiger partial charge in [-0.3, -0.25) is 5.10 Å². The molecule has 3 nitrogen and oxygen atoms in total. The van der Waals surface area contributed by atoms with Gasteiger partial charge >= 0.3 is 0 Å². The fourth-order valence-electron chi connectivity index (χ4n) is 2.88. The molecule has 0 amide bonds. The maximum Gasteiger partial charge on any atom is 0.0670 e. The zero-order valence-electron chi connectivity index (χ0n) is 10.4. The van der Waals surface area contributed by atoms with E-state index in [0.29, 0.717) is 0 Å². The third-order valence-corrected chi connectivity index (χ3v) is 3.82. The van der Waals surface area contributed by atoms with Gasteiger partial charge in [0, 0.05) is 23.9 Å². The van der Waals surface area contributed by atoms with Gasteiger partial charge in [-0.25, -0.2) is 0 Å². The van der Waals surface area contributed by atoms with E-state index in [1.807, 2.05) is 6.07 Å². The number of hydrogen-bond acceptors (Lipinski definition) is 2. The van der Waals surface area contributed by atoms with E-state index >= 15 is 0 Å². The molecule has 0 aliphatic heterocycles. The van der Waals surface area contributed by atoms with Crippen molar-refractivity contribution in [2.24, 2.45) is 0 Å². The number of nitrogen functional groups attached to an aromatic ring is 1. The van der Waals surface area contributed by atoms with Crippen molar-refractivity contribution in [1.82, 2.24) is 10.2 Å². The Bertz CT molecular complexity index is 758. The first-order valence-electron chi connectivity index (χ1n) is 6.34. The van der Waals surface area contributed by atoms with Crippen LogP contribution in [0.15, 0.2) is 48.7 Å². The van der Waals surface area contributed by atoms with Gasteiger partial charge in [-0.2, -0.15) is 5.10 Å². The molecule has 1 aromatic heterocycles. The van der Waals surface area contributed by atoms with Gasteiger partial charge in [-0.05, 0) is 28.3 Å². The fourth-order valence-corrected chi connectivity index (χ4v) is 2.88. The molecule has 3 heteroatoms. The highest BCUT2D eigenvalue weighted by Crippen LogP contribution is 2.42. The Hall–Kier alpha value is -2.55. The van der Waals surface area contributed by atoms with Crippen molar-refractivity contribution in [3.05, 3.63) is 59.8 Å². The summed E-state index contributed by atoms with van der Waals surface area (Å²) in [6.45, 7) is 0. The Morgan fingerprint density at radius 3 is 2.63 bits per heavy atom. The Kier molecular flexibility index (Phi) is 2.03. The van der Waals surface area contributed by atoms with Crippen molar-refractivity contribution in [3.8, 4) is 22.4 Å². The predicted octanol–water partition coefficient (Wildman–Crippen LogP) is 3.23. The van der Waals surface area contributed by atoms with Crippen LogP contribution in [-0.4, -0.2) is 10.2 Å². The molecule has 1 aliphatic carbocycles. The van der Waals surface area contributed by atoms with Crippen molar-refractivity contribution >= 4 is 5.69 Å². The zero-order valence-corrected chi connectivity index (χ0v) is 10.4. The second-order valence-electron chi connectivity index (χ2n) is 4.86. The summed E-state index contributed by atoms with van der Waals surface area (Å²) in [5.74, 6) is 0. The lowest BCUT2D eigenvalue weighted by atomic mass is 9.99. The number of anilines is 1. The molecular weight excluding hydrogens is 234 g/mol. The van der Waals surface area contributed by atoms with Gasteiger partial charge < -0.3 is 5.73 Å². The molecule has 1 heterocycles. The Morgan fingerprint density at radius 1 is 0.947 bits per heavy atom. The monoisotopic (exact) mass is 247 g/mol. The summed E-state index contributed by atoms with van der Waals surface area (Å²) in [7, 11) is 0. The molecule has 3 aromatic rings. The Labute approximate surface area is 111 Å². The first-order chi connectivity index (χ1) is 9.34. The lowest BCUT2D eigenvalue weighted by molar-refractivity contribution is 1.09. The van der Waals surface area contributed by atoms with Crippen LogP contribution in [0.3, 0.4) is 0 Å². The maximum absolute atomic E-state index is 6.36. The smallest absolute Gasteiger partial charge is 0.0670 e. The number of nitrogens with one attached hydrogen (secondary N) is 1. The number of hydrogen-bond donors (Lipinski definition) is 2. The number of nitrogens with two attached hydrogens (primary N) is 1. The molecule has 0 saturated carbocycles. The first-order valence-corrected chi connectivity index (χ1v) is 6.34. The lowest BCUT2D eigenvalue weighted by Crippen LogP contribution is -1.96. The highest BCUT2D eigenvalue weighted by molar-refractivity contribution is 5.88. The van der Waals surface area contributed by atoms with E-state index in [2.05, 4.69) is 46.6 Å². The largest absolute Gasteiger partial charge is 0.398 e. The van der Waals surface area contributed by atoms with E-state index in [0.717, 1.165) is 23.4 Å². The van der Waals surface area contributed by atoms with Crippen molar-refractivity contribution in [1.29, 1.82) is 0 Å². The molecule has 0 unspecified atom stereocenters. The number of aromatic nitrogens is 2. The van der Waals surface area contributed by atoms with Gasteiger partial charge in [0.1, 0.15) is 0 Å². The molecule has 0 radical (unpaired) electrons. The van der Waals surface area contributed by atoms with E-state index in [-0.39, 0.29) is 0 Å². The number of rotatable bonds is 1. The number of H-pyrrole nitrogens is 1. The molecule has 3 N–H and O–H groups in total. The highest BCUT2D eigenvalue weighted by Gasteiger charge is 2.21. The van der Waals surface area contributed by atoms with Gasteiger partial charge in [0.05, 0.1) is 5.69 Å². The van der Waals surface area contributed by atoms with Crippen LogP contribution in [0.1, 0.15) is 11.1 Å². The number of nitrogens with zero attached hydrogens (tertiary/aromatic N) is 1. The number of aromatic amines is 1. The lowest BCUT2D eigenvalue weighted by Gasteiger charge is -2.09. The van der Waals surface area contributed by atoms with Crippen LogP contribution in [-0.2, 0) is 6.42 Å². The van der Waals surface area contributed by atoms with E-state index in [9.17, 15) is 0 Å². The van der Waals surface area contributed by atoms with Crippen LogP contribution in [0.4, 0.5) is 5.69 Å². The van der Waals surface area contributed by atoms with Gasteiger partial charge in [0.15, 0.2) is 0 Å². The second kappa shape index (κ2) is 3.72. The number of benzene rings is 2. The van der Waals surface area contributed by atoms with Crippen LogP contribution in [0.2, 0.25) is 0 Å². The minimum atomic E-state index is 0.859. The SMILES string of the molecule is Nc1c(-c2ccn[nH]2)ccc2c1Cc1ccccc1-2. The van der Waals surface area contributed by atoms with Gasteiger partial charge in [-0.15, -0.1) is 0 Å². The summed E-state index contributed by atoms with van der Waals surface area (Å²) in [6.07, 6.45) is 2.66. The van der Waals surface area contributed by atoms with Crippen LogP contribution >= 0.6 is 0 Å². The third kappa shape index (κ3) is 1.41. The van der Waals surface area contributed by atoms with Gasteiger partial charge in [0.2, 0.25) is 0 Å². The van der Waals surface area contributed by atoms with Gasteiger partial charge in [-0.1, -0.05) is 36.4 Å². The molecule has 92 valence electrons. The molecule has 4 rings (SSSR count). The molecule has 0 spiro atoms.